The van der Waals surface area contributed by atoms with Crippen molar-refractivity contribution in [3.63, 3.8) is 0 Å². The van der Waals surface area contributed by atoms with Crippen molar-refractivity contribution in [3.8, 4) is 0 Å². The number of rotatable bonds is 3. The molecule has 2 N–H and O–H groups in total. The molecule has 2 nitrogen and oxygen atoms in total. The molecule has 78 valence electrons. The number of piperidine rings is 1. The van der Waals surface area contributed by atoms with E-state index in [9.17, 15) is 0 Å². The third kappa shape index (κ3) is 3.28. The maximum atomic E-state index is 5.92. The van der Waals surface area contributed by atoms with Crippen LogP contribution in [0.5, 0.6) is 0 Å². The third-order valence-electron chi connectivity index (χ3n) is 3.30. The zero-order valence-electron chi connectivity index (χ0n) is 9.29. The molecule has 0 aromatic carbocycles. The van der Waals surface area contributed by atoms with Crippen molar-refractivity contribution < 1.29 is 0 Å². The van der Waals surface area contributed by atoms with Gasteiger partial charge in [-0.1, -0.05) is 20.3 Å². The van der Waals surface area contributed by atoms with Crippen LogP contribution in [0, 0.1) is 5.92 Å². The van der Waals surface area contributed by atoms with Gasteiger partial charge in [0.2, 0.25) is 0 Å². The zero-order valence-corrected chi connectivity index (χ0v) is 9.29. The summed E-state index contributed by atoms with van der Waals surface area (Å²) < 4.78 is 0. The summed E-state index contributed by atoms with van der Waals surface area (Å²) in [6.07, 6.45) is 3.65. The lowest BCUT2D eigenvalue weighted by atomic mass is 9.97. The summed E-state index contributed by atoms with van der Waals surface area (Å²) >= 11 is 0. The van der Waals surface area contributed by atoms with Gasteiger partial charge in [-0.25, -0.2) is 0 Å². The van der Waals surface area contributed by atoms with Gasteiger partial charge >= 0.3 is 0 Å². The van der Waals surface area contributed by atoms with Gasteiger partial charge in [-0.05, 0) is 32.2 Å². The molecule has 2 heteroatoms. The lowest BCUT2D eigenvalue weighted by Crippen LogP contribution is -2.46. The summed E-state index contributed by atoms with van der Waals surface area (Å²) in [7, 11) is 0. The van der Waals surface area contributed by atoms with Crippen molar-refractivity contribution in [2.45, 2.75) is 52.1 Å². The number of likely N-dealkylation sites (tertiary alicyclic amines) is 1. The van der Waals surface area contributed by atoms with E-state index in [1.54, 1.807) is 0 Å². The molecule has 1 rings (SSSR count). The van der Waals surface area contributed by atoms with Gasteiger partial charge < -0.3 is 10.6 Å². The van der Waals surface area contributed by atoms with Crippen molar-refractivity contribution in [2.24, 2.45) is 11.7 Å². The topological polar surface area (TPSA) is 29.3 Å². The fourth-order valence-corrected chi connectivity index (χ4v) is 2.06. The number of hydrogen-bond acceptors (Lipinski definition) is 2. The van der Waals surface area contributed by atoms with Gasteiger partial charge in [0.05, 0.1) is 0 Å². The predicted octanol–water partition coefficient (Wildman–Crippen LogP) is 1.84. The molecular weight excluding hydrogens is 160 g/mol. The van der Waals surface area contributed by atoms with Crippen LogP contribution < -0.4 is 5.73 Å². The lowest BCUT2D eigenvalue weighted by Gasteiger charge is -2.37. The molecule has 0 amide bonds. The summed E-state index contributed by atoms with van der Waals surface area (Å²) in [5.41, 5.74) is 5.92. The molecule has 3 atom stereocenters. The van der Waals surface area contributed by atoms with Crippen molar-refractivity contribution in [3.05, 3.63) is 0 Å². The molecule has 1 heterocycles. The molecule has 0 spiro atoms. The normalized spacial score (nSPS) is 33.2. The smallest absolute Gasteiger partial charge is 0.00817 e. The van der Waals surface area contributed by atoms with E-state index < -0.39 is 0 Å². The molecule has 1 fully saturated rings. The standard InChI is InChI=1S/C11H24N2/c1-4-9(2)8-13-6-5-11(12)7-10(13)3/h9-11H,4-8,12H2,1-3H3. The number of hydrogen-bond donors (Lipinski definition) is 1. The number of nitrogens with zero attached hydrogens (tertiary/aromatic N) is 1. The molecule has 0 aliphatic carbocycles. The molecule has 1 aliphatic heterocycles. The summed E-state index contributed by atoms with van der Waals surface area (Å²) in [5, 5.41) is 0. The summed E-state index contributed by atoms with van der Waals surface area (Å²) in [6.45, 7) is 9.37. The average molecular weight is 184 g/mol. The van der Waals surface area contributed by atoms with Crippen LogP contribution in [-0.4, -0.2) is 30.1 Å². The maximum Gasteiger partial charge on any atom is 0.00817 e. The van der Waals surface area contributed by atoms with Crippen LogP contribution in [0.2, 0.25) is 0 Å². The molecule has 1 saturated heterocycles. The van der Waals surface area contributed by atoms with Gasteiger partial charge in [-0.15, -0.1) is 0 Å². The first kappa shape index (κ1) is 11.0. The molecule has 0 aromatic rings. The highest BCUT2D eigenvalue weighted by Crippen LogP contribution is 2.17. The van der Waals surface area contributed by atoms with Crippen molar-refractivity contribution in [2.75, 3.05) is 13.1 Å². The lowest BCUT2D eigenvalue weighted by molar-refractivity contribution is 0.128. The van der Waals surface area contributed by atoms with E-state index in [2.05, 4.69) is 25.7 Å². The van der Waals surface area contributed by atoms with Gasteiger partial charge in [0.25, 0.3) is 0 Å². The minimum Gasteiger partial charge on any atom is -0.328 e. The van der Waals surface area contributed by atoms with Crippen molar-refractivity contribution >= 4 is 0 Å². The van der Waals surface area contributed by atoms with E-state index in [-0.39, 0.29) is 0 Å². The Morgan fingerprint density at radius 1 is 1.54 bits per heavy atom. The molecule has 0 saturated carbocycles. The molecule has 0 aromatic heterocycles. The van der Waals surface area contributed by atoms with Crippen LogP contribution >= 0.6 is 0 Å². The highest BCUT2D eigenvalue weighted by molar-refractivity contribution is 4.81. The highest BCUT2D eigenvalue weighted by Gasteiger charge is 2.23. The molecule has 1 aliphatic rings. The summed E-state index contributed by atoms with van der Waals surface area (Å²) in [6, 6.07) is 1.14. The van der Waals surface area contributed by atoms with E-state index in [1.165, 1.54) is 32.4 Å². The van der Waals surface area contributed by atoms with Crippen LogP contribution in [0.1, 0.15) is 40.0 Å². The van der Waals surface area contributed by atoms with Crippen LogP contribution in [0.15, 0.2) is 0 Å². The summed E-state index contributed by atoms with van der Waals surface area (Å²) in [4.78, 5) is 2.59. The molecule has 3 unspecified atom stereocenters. The first-order valence-corrected chi connectivity index (χ1v) is 5.63. The Hall–Kier alpha value is -0.0800. The zero-order chi connectivity index (χ0) is 9.84. The first-order chi connectivity index (χ1) is 6.13. The Labute approximate surface area is 82.5 Å². The quantitative estimate of drug-likeness (QED) is 0.725. The SMILES string of the molecule is CCC(C)CN1CCC(N)CC1C. The third-order valence-corrected chi connectivity index (χ3v) is 3.30. The second-order valence-corrected chi connectivity index (χ2v) is 4.64. The summed E-state index contributed by atoms with van der Waals surface area (Å²) in [5.74, 6) is 0.830. The van der Waals surface area contributed by atoms with E-state index >= 15 is 0 Å². The largest absolute Gasteiger partial charge is 0.328 e. The van der Waals surface area contributed by atoms with E-state index in [1.807, 2.05) is 0 Å². The Balaban J connectivity index is 2.33. The predicted molar refractivity (Wildman–Crippen MR) is 57.7 cm³/mol. The van der Waals surface area contributed by atoms with E-state index in [0.29, 0.717) is 12.1 Å². The Morgan fingerprint density at radius 3 is 2.77 bits per heavy atom. The van der Waals surface area contributed by atoms with Gasteiger partial charge in [-0.3, -0.25) is 0 Å². The van der Waals surface area contributed by atoms with Gasteiger partial charge in [0.1, 0.15) is 0 Å². The number of nitrogens with two attached hydrogens (primary N) is 1. The highest BCUT2D eigenvalue weighted by atomic mass is 15.2. The Bertz CT molecular complexity index is 147. The average Bonchev–Trinajstić information content (AvgIpc) is 2.09. The van der Waals surface area contributed by atoms with Crippen molar-refractivity contribution in [1.29, 1.82) is 0 Å². The molecule has 13 heavy (non-hydrogen) atoms. The van der Waals surface area contributed by atoms with Crippen LogP contribution in [0.3, 0.4) is 0 Å². The van der Waals surface area contributed by atoms with E-state index in [4.69, 9.17) is 5.73 Å². The van der Waals surface area contributed by atoms with Crippen LogP contribution in [0.25, 0.3) is 0 Å². The minimum atomic E-state index is 0.447. The maximum absolute atomic E-state index is 5.92. The Morgan fingerprint density at radius 2 is 2.23 bits per heavy atom. The second kappa shape index (κ2) is 4.97. The van der Waals surface area contributed by atoms with Crippen LogP contribution in [0.4, 0.5) is 0 Å². The van der Waals surface area contributed by atoms with Crippen LogP contribution in [-0.2, 0) is 0 Å². The minimum absolute atomic E-state index is 0.447. The molecule has 0 radical (unpaired) electrons. The van der Waals surface area contributed by atoms with E-state index in [0.717, 1.165) is 5.92 Å². The molecule has 0 bridgehead atoms. The van der Waals surface area contributed by atoms with Crippen molar-refractivity contribution in [1.82, 2.24) is 4.90 Å². The first-order valence-electron chi connectivity index (χ1n) is 5.63. The fraction of sp³-hybridized carbons (Fsp3) is 1.00. The molecular formula is C11H24N2. The van der Waals surface area contributed by atoms with Gasteiger partial charge in [0.15, 0.2) is 0 Å². The van der Waals surface area contributed by atoms with Gasteiger partial charge in [0, 0.05) is 18.6 Å². The fourth-order valence-electron chi connectivity index (χ4n) is 2.06. The monoisotopic (exact) mass is 184 g/mol. The van der Waals surface area contributed by atoms with Gasteiger partial charge in [-0.2, -0.15) is 0 Å². The Kier molecular flexibility index (Phi) is 4.20. The second-order valence-electron chi connectivity index (χ2n) is 4.64.